The number of hydrogen-bond donors (Lipinski definition) is 1. The maximum Gasteiger partial charge on any atom is 0.253 e. The van der Waals surface area contributed by atoms with E-state index in [4.69, 9.17) is 0 Å². The monoisotopic (exact) mass is 202 g/mol. The molecule has 80 valence electrons. The molecular weight excluding hydrogens is 187 g/mol. The molecule has 5 heteroatoms. The molecule has 0 unspecified atom stereocenters. The summed E-state index contributed by atoms with van der Waals surface area (Å²) in [6.07, 6.45) is 1.26. The second-order valence-electron chi connectivity index (χ2n) is 3.40. The van der Waals surface area contributed by atoms with E-state index >= 15 is 0 Å². The number of rotatable bonds is 2. The van der Waals surface area contributed by atoms with Gasteiger partial charge in [0.05, 0.1) is 0 Å². The number of nitrogens with one attached hydrogen (secondary N) is 1. The Morgan fingerprint density at radius 2 is 2.00 bits per heavy atom. The number of carbonyl (C=O) groups is 2. The molecule has 4 nitrogen and oxygen atoms in total. The second kappa shape index (κ2) is 4.93. The first-order valence-corrected chi connectivity index (χ1v) is 4.74. The molecule has 0 bridgehead atoms. The van der Waals surface area contributed by atoms with Crippen LogP contribution in [0.1, 0.15) is 12.8 Å². The van der Waals surface area contributed by atoms with Crippen LogP contribution in [0.4, 0.5) is 4.39 Å². The highest BCUT2D eigenvalue weighted by Gasteiger charge is 2.26. The second-order valence-corrected chi connectivity index (χ2v) is 3.40. The van der Waals surface area contributed by atoms with Crippen molar-refractivity contribution < 1.29 is 14.0 Å². The largest absolute Gasteiger partial charge is 0.359 e. The molecule has 1 N–H and O–H groups in total. The van der Waals surface area contributed by atoms with Crippen LogP contribution >= 0.6 is 0 Å². The number of alkyl halides is 1. The van der Waals surface area contributed by atoms with Gasteiger partial charge >= 0.3 is 0 Å². The first-order valence-electron chi connectivity index (χ1n) is 4.74. The van der Waals surface area contributed by atoms with Crippen LogP contribution in [0, 0.1) is 5.92 Å². The molecule has 14 heavy (non-hydrogen) atoms. The molecule has 0 spiro atoms. The lowest BCUT2D eigenvalue weighted by Crippen LogP contribution is -2.42. The molecule has 0 radical (unpaired) electrons. The topological polar surface area (TPSA) is 49.4 Å². The van der Waals surface area contributed by atoms with Gasteiger partial charge in [0.2, 0.25) is 5.91 Å². The Labute approximate surface area is 82.5 Å². The number of nitrogens with zero attached hydrogens (tertiary/aromatic N) is 1. The number of amides is 2. The Morgan fingerprint density at radius 1 is 1.43 bits per heavy atom. The Morgan fingerprint density at radius 3 is 2.43 bits per heavy atom. The fraction of sp³-hybridized carbons (Fsp3) is 0.778. The van der Waals surface area contributed by atoms with E-state index < -0.39 is 12.6 Å². The summed E-state index contributed by atoms with van der Waals surface area (Å²) in [6.45, 7) is 0.0340. The Balaban J connectivity index is 2.38. The van der Waals surface area contributed by atoms with Crippen LogP contribution in [-0.4, -0.2) is 43.5 Å². The first kappa shape index (κ1) is 10.9. The van der Waals surface area contributed by atoms with Crippen LogP contribution in [0.25, 0.3) is 0 Å². The zero-order valence-corrected chi connectivity index (χ0v) is 8.25. The lowest BCUT2D eigenvalue weighted by molar-refractivity contribution is -0.136. The molecule has 1 rings (SSSR count). The molecule has 0 atom stereocenters. The van der Waals surface area contributed by atoms with E-state index in [2.05, 4.69) is 5.32 Å². The lowest BCUT2D eigenvalue weighted by atomic mass is 9.96. The van der Waals surface area contributed by atoms with Gasteiger partial charge in [-0.15, -0.1) is 0 Å². The van der Waals surface area contributed by atoms with Gasteiger partial charge in [0, 0.05) is 26.1 Å². The van der Waals surface area contributed by atoms with Gasteiger partial charge < -0.3 is 10.2 Å². The fourth-order valence-electron chi connectivity index (χ4n) is 1.68. The van der Waals surface area contributed by atoms with Gasteiger partial charge in [-0.3, -0.25) is 9.59 Å². The molecule has 0 aromatic carbocycles. The van der Waals surface area contributed by atoms with Crippen molar-refractivity contribution in [2.45, 2.75) is 12.8 Å². The highest BCUT2D eigenvalue weighted by Crippen LogP contribution is 2.17. The third-order valence-electron chi connectivity index (χ3n) is 2.58. The molecule has 0 aliphatic carbocycles. The minimum Gasteiger partial charge on any atom is -0.359 e. The van der Waals surface area contributed by atoms with Gasteiger partial charge in [-0.25, -0.2) is 4.39 Å². The van der Waals surface area contributed by atoms with Crippen molar-refractivity contribution >= 4 is 11.8 Å². The number of hydrogen-bond acceptors (Lipinski definition) is 2. The van der Waals surface area contributed by atoms with Crippen molar-refractivity contribution in [3.8, 4) is 0 Å². The van der Waals surface area contributed by atoms with Crippen molar-refractivity contribution in [1.82, 2.24) is 10.2 Å². The van der Waals surface area contributed by atoms with E-state index in [9.17, 15) is 14.0 Å². The molecule has 0 saturated carbocycles. The molecule has 0 aromatic rings. The highest BCUT2D eigenvalue weighted by molar-refractivity contribution is 5.80. The number of likely N-dealkylation sites (tertiary alicyclic amines) is 1. The smallest absolute Gasteiger partial charge is 0.253 e. The molecule has 1 aliphatic rings. The van der Waals surface area contributed by atoms with Crippen molar-refractivity contribution in [1.29, 1.82) is 0 Å². The van der Waals surface area contributed by atoms with Crippen LogP contribution < -0.4 is 5.32 Å². The first-order chi connectivity index (χ1) is 6.69. The predicted octanol–water partition coefficient (Wildman–Crippen LogP) is -0.0595. The zero-order valence-electron chi connectivity index (χ0n) is 8.25. The maximum absolute atomic E-state index is 12.0. The number of halogens is 1. The third-order valence-corrected chi connectivity index (χ3v) is 2.58. The van der Waals surface area contributed by atoms with Crippen LogP contribution in [-0.2, 0) is 9.59 Å². The molecule has 0 aromatic heterocycles. The Kier molecular flexibility index (Phi) is 3.85. The summed E-state index contributed by atoms with van der Waals surface area (Å²) in [5, 5.41) is 2.58. The van der Waals surface area contributed by atoms with Gasteiger partial charge in [0.1, 0.15) is 0 Å². The van der Waals surface area contributed by atoms with Gasteiger partial charge in [-0.05, 0) is 12.8 Å². The number of piperidine rings is 1. The molecule has 2 amide bonds. The Hall–Kier alpha value is -1.13. The standard InChI is InChI=1S/C9H15FN2O2/c1-11-9(14)7-2-4-12(5-3-7)8(13)6-10/h7H,2-6H2,1H3,(H,11,14). The van der Waals surface area contributed by atoms with Crippen LogP contribution in [0.2, 0.25) is 0 Å². The maximum atomic E-state index is 12.0. The summed E-state index contributed by atoms with van der Waals surface area (Å²) in [5.41, 5.74) is 0. The van der Waals surface area contributed by atoms with Gasteiger partial charge in [0.25, 0.3) is 5.91 Å². The molecule has 1 aliphatic heterocycles. The summed E-state index contributed by atoms with van der Waals surface area (Å²) in [7, 11) is 1.60. The zero-order chi connectivity index (χ0) is 10.6. The fourth-order valence-corrected chi connectivity index (χ4v) is 1.68. The molecule has 1 saturated heterocycles. The van der Waals surface area contributed by atoms with Gasteiger partial charge in [-0.1, -0.05) is 0 Å². The van der Waals surface area contributed by atoms with Crippen molar-refractivity contribution in [3.63, 3.8) is 0 Å². The van der Waals surface area contributed by atoms with Crippen molar-refractivity contribution in [2.75, 3.05) is 26.8 Å². The van der Waals surface area contributed by atoms with E-state index in [0.717, 1.165) is 0 Å². The van der Waals surface area contributed by atoms with Crippen molar-refractivity contribution in [3.05, 3.63) is 0 Å². The summed E-state index contributed by atoms with van der Waals surface area (Å²) in [6, 6.07) is 0. The minimum atomic E-state index is -0.940. The number of carbonyl (C=O) groups excluding carboxylic acids is 2. The van der Waals surface area contributed by atoms with Gasteiger partial charge in [0.15, 0.2) is 6.67 Å². The van der Waals surface area contributed by atoms with E-state index in [1.54, 1.807) is 7.05 Å². The average molecular weight is 202 g/mol. The summed E-state index contributed by atoms with van der Waals surface area (Å²) in [4.78, 5) is 23.7. The average Bonchev–Trinajstić information content (AvgIpc) is 2.27. The lowest BCUT2D eigenvalue weighted by Gasteiger charge is -2.30. The highest BCUT2D eigenvalue weighted by atomic mass is 19.1. The third kappa shape index (κ3) is 2.43. The van der Waals surface area contributed by atoms with E-state index in [1.807, 2.05) is 0 Å². The molecule has 1 fully saturated rings. The van der Waals surface area contributed by atoms with Crippen molar-refractivity contribution in [2.24, 2.45) is 5.92 Å². The Bertz CT molecular complexity index is 201. The van der Waals surface area contributed by atoms with E-state index in [-0.39, 0.29) is 11.8 Å². The van der Waals surface area contributed by atoms with Crippen LogP contribution in [0.3, 0.4) is 0 Å². The van der Waals surface area contributed by atoms with E-state index in [1.165, 1.54) is 4.90 Å². The molecular formula is C9H15FN2O2. The predicted molar refractivity (Wildman–Crippen MR) is 49.3 cm³/mol. The summed E-state index contributed by atoms with van der Waals surface area (Å²) >= 11 is 0. The SMILES string of the molecule is CNC(=O)C1CCN(C(=O)CF)CC1. The van der Waals surface area contributed by atoms with E-state index in [0.29, 0.717) is 25.9 Å². The van der Waals surface area contributed by atoms with Crippen LogP contribution in [0.15, 0.2) is 0 Å². The molecule has 1 heterocycles. The van der Waals surface area contributed by atoms with Crippen LogP contribution in [0.5, 0.6) is 0 Å². The summed E-state index contributed by atoms with van der Waals surface area (Å²) in [5.74, 6) is -0.485. The quantitative estimate of drug-likeness (QED) is 0.682. The van der Waals surface area contributed by atoms with Gasteiger partial charge in [-0.2, -0.15) is 0 Å². The normalized spacial score (nSPS) is 18.0. The minimum absolute atomic E-state index is 0.0114. The summed E-state index contributed by atoms with van der Waals surface area (Å²) < 4.78 is 12.0.